The highest BCUT2D eigenvalue weighted by Gasteiger charge is 2.17. The summed E-state index contributed by atoms with van der Waals surface area (Å²) in [6.07, 6.45) is 3.47. The minimum absolute atomic E-state index is 0.401. The number of esters is 1. The molecule has 2 heterocycles. The van der Waals surface area contributed by atoms with Gasteiger partial charge < -0.3 is 19.4 Å². The van der Waals surface area contributed by atoms with E-state index < -0.39 is 5.97 Å². The lowest BCUT2D eigenvalue weighted by atomic mass is 10.1. The van der Waals surface area contributed by atoms with E-state index in [4.69, 9.17) is 9.47 Å². The van der Waals surface area contributed by atoms with Gasteiger partial charge in [0.2, 0.25) is 0 Å². The minimum atomic E-state index is -0.401. The SMILES string of the molecule is COc1cccc2[nH]cc(OC(=O)c3cccc4[nH]ccc34)c12. The summed E-state index contributed by atoms with van der Waals surface area (Å²) < 4.78 is 11.0. The molecule has 0 radical (unpaired) electrons. The first kappa shape index (κ1) is 13.5. The number of ether oxygens (including phenoxy) is 2. The first-order valence-corrected chi connectivity index (χ1v) is 7.20. The number of benzene rings is 2. The van der Waals surface area contributed by atoms with E-state index in [0.29, 0.717) is 17.1 Å². The maximum atomic E-state index is 12.6. The third-order valence-electron chi connectivity index (χ3n) is 3.87. The number of rotatable bonds is 3. The van der Waals surface area contributed by atoms with Crippen LogP contribution >= 0.6 is 0 Å². The molecule has 0 amide bonds. The summed E-state index contributed by atoms with van der Waals surface area (Å²) in [4.78, 5) is 18.8. The summed E-state index contributed by atoms with van der Waals surface area (Å²) in [6, 6.07) is 13.0. The Hall–Kier alpha value is -3.21. The van der Waals surface area contributed by atoms with Crippen molar-refractivity contribution in [1.82, 2.24) is 9.97 Å². The topological polar surface area (TPSA) is 67.1 Å². The third kappa shape index (κ3) is 2.14. The molecule has 4 rings (SSSR count). The van der Waals surface area contributed by atoms with Gasteiger partial charge >= 0.3 is 5.97 Å². The monoisotopic (exact) mass is 306 g/mol. The Morgan fingerprint density at radius 1 is 0.957 bits per heavy atom. The number of carbonyl (C=O) groups is 1. The molecule has 0 aliphatic rings. The van der Waals surface area contributed by atoms with Crippen molar-refractivity contribution in [3.05, 3.63) is 60.4 Å². The Balaban J connectivity index is 1.76. The zero-order valence-electron chi connectivity index (χ0n) is 12.4. The second kappa shape index (κ2) is 5.21. The van der Waals surface area contributed by atoms with E-state index in [1.54, 1.807) is 25.6 Å². The summed E-state index contributed by atoms with van der Waals surface area (Å²) in [5.74, 6) is 0.711. The molecule has 114 valence electrons. The lowest BCUT2D eigenvalue weighted by Crippen LogP contribution is -2.08. The molecule has 0 fully saturated rings. The zero-order chi connectivity index (χ0) is 15.8. The molecule has 5 heteroatoms. The molecule has 0 aliphatic heterocycles. The van der Waals surface area contributed by atoms with Gasteiger partial charge in [-0.15, -0.1) is 0 Å². The van der Waals surface area contributed by atoms with Crippen molar-refractivity contribution >= 4 is 27.8 Å². The van der Waals surface area contributed by atoms with E-state index in [1.165, 1.54) is 0 Å². The van der Waals surface area contributed by atoms with E-state index in [0.717, 1.165) is 21.8 Å². The molecule has 4 aromatic rings. The zero-order valence-corrected chi connectivity index (χ0v) is 12.4. The average Bonchev–Trinajstić information content (AvgIpc) is 3.21. The van der Waals surface area contributed by atoms with Gasteiger partial charge in [0.05, 0.1) is 23.6 Å². The molecule has 0 bridgehead atoms. The molecule has 0 unspecified atom stereocenters. The van der Waals surface area contributed by atoms with Gasteiger partial charge in [0, 0.05) is 23.3 Å². The van der Waals surface area contributed by atoms with Crippen LogP contribution in [0.25, 0.3) is 21.8 Å². The number of nitrogens with one attached hydrogen (secondary N) is 2. The van der Waals surface area contributed by atoms with Crippen molar-refractivity contribution in [1.29, 1.82) is 0 Å². The molecule has 0 saturated heterocycles. The molecule has 5 nitrogen and oxygen atoms in total. The molecule has 2 aromatic carbocycles. The summed E-state index contributed by atoms with van der Waals surface area (Å²) in [5, 5.41) is 1.59. The van der Waals surface area contributed by atoms with Crippen molar-refractivity contribution in [3.63, 3.8) is 0 Å². The van der Waals surface area contributed by atoms with Crippen molar-refractivity contribution in [2.75, 3.05) is 7.11 Å². The van der Waals surface area contributed by atoms with Crippen LogP contribution in [0.2, 0.25) is 0 Å². The Labute approximate surface area is 131 Å². The first-order chi connectivity index (χ1) is 11.3. The molecule has 2 N–H and O–H groups in total. The van der Waals surface area contributed by atoms with Crippen LogP contribution in [-0.4, -0.2) is 23.0 Å². The van der Waals surface area contributed by atoms with Crippen LogP contribution in [0.5, 0.6) is 11.5 Å². The number of fused-ring (bicyclic) bond motifs is 2. The van der Waals surface area contributed by atoms with Crippen molar-refractivity contribution in [2.45, 2.75) is 0 Å². The van der Waals surface area contributed by atoms with E-state index in [-0.39, 0.29) is 0 Å². The van der Waals surface area contributed by atoms with E-state index in [9.17, 15) is 4.79 Å². The highest BCUT2D eigenvalue weighted by atomic mass is 16.5. The van der Waals surface area contributed by atoms with Gasteiger partial charge in [-0.05, 0) is 30.3 Å². The van der Waals surface area contributed by atoms with Gasteiger partial charge in [-0.2, -0.15) is 0 Å². The molecular formula is C18H14N2O3. The summed E-state index contributed by atoms with van der Waals surface area (Å²) >= 11 is 0. The number of aromatic nitrogens is 2. The molecule has 0 spiro atoms. The fourth-order valence-electron chi connectivity index (χ4n) is 2.79. The lowest BCUT2D eigenvalue weighted by molar-refractivity contribution is 0.0739. The molecule has 0 atom stereocenters. The highest BCUT2D eigenvalue weighted by Crippen LogP contribution is 2.34. The van der Waals surface area contributed by atoms with Gasteiger partial charge in [0.15, 0.2) is 5.75 Å². The quantitative estimate of drug-likeness (QED) is 0.564. The van der Waals surface area contributed by atoms with Crippen molar-refractivity contribution < 1.29 is 14.3 Å². The largest absolute Gasteiger partial charge is 0.496 e. The van der Waals surface area contributed by atoms with Crippen LogP contribution in [0.15, 0.2) is 54.9 Å². The fourth-order valence-corrected chi connectivity index (χ4v) is 2.79. The minimum Gasteiger partial charge on any atom is -0.496 e. The summed E-state index contributed by atoms with van der Waals surface area (Å²) in [6.45, 7) is 0. The van der Waals surface area contributed by atoms with Crippen molar-refractivity contribution in [2.24, 2.45) is 0 Å². The maximum Gasteiger partial charge on any atom is 0.344 e. The van der Waals surface area contributed by atoms with E-state index in [2.05, 4.69) is 9.97 Å². The summed E-state index contributed by atoms with van der Waals surface area (Å²) in [5.41, 5.74) is 2.27. The van der Waals surface area contributed by atoms with Gasteiger partial charge in [0.25, 0.3) is 0 Å². The molecule has 0 saturated carbocycles. The van der Waals surface area contributed by atoms with Crippen LogP contribution in [0.3, 0.4) is 0 Å². The number of carbonyl (C=O) groups excluding carboxylic acids is 1. The van der Waals surface area contributed by atoms with Gasteiger partial charge in [-0.3, -0.25) is 0 Å². The lowest BCUT2D eigenvalue weighted by Gasteiger charge is -2.06. The standard InChI is InChI=1S/C18H14N2O3/c1-22-15-7-3-6-14-17(15)16(10-20-14)23-18(21)12-4-2-5-13-11(12)8-9-19-13/h2-10,19-20H,1H3. The summed E-state index contributed by atoms with van der Waals surface area (Å²) in [7, 11) is 1.59. The number of hydrogen-bond donors (Lipinski definition) is 2. The molecule has 0 aliphatic carbocycles. The number of aromatic amines is 2. The first-order valence-electron chi connectivity index (χ1n) is 7.20. The number of methoxy groups -OCH3 is 1. The Morgan fingerprint density at radius 2 is 1.78 bits per heavy atom. The number of hydrogen-bond acceptors (Lipinski definition) is 3. The number of H-pyrrole nitrogens is 2. The van der Waals surface area contributed by atoms with Crippen LogP contribution in [0.1, 0.15) is 10.4 Å². The van der Waals surface area contributed by atoms with Gasteiger partial charge in [-0.1, -0.05) is 12.1 Å². The van der Waals surface area contributed by atoms with Gasteiger partial charge in [0.1, 0.15) is 5.75 Å². The van der Waals surface area contributed by atoms with Crippen LogP contribution in [0, 0.1) is 0 Å². The molecule has 2 aromatic heterocycles. The fraction of sp³-hybridized carbons (Fsp3) is 0.0556. The Bertz CT molecular complexity index is 1010. The van der Waals surface area contributed by atoms with Crippen LogP contribution in [-0.2, 0) is 0 Å². The second-order valence-electron chi connectivity index (χ2n) is 5.17. The van der Waals surface area contributed by atoms with Crippen LogP contribution < -0.4 is 9.47 Å². The smallest absolute Gasteiger partial charge is 0.344 e. The molecular weight excluding hydrogens is 292 g/mol. The Morgan fingerprint density at radius 3 is 2.65 bits per heavy atom. The maximum absolute atomic E-state index is 12.6. The second-order valence-corrected chi connectivity index (χ2v) is 5.17. The van der Waals surface area contributed by atoms with Gasteiger partial charge in [-0.25, -0.2) is 4.79 Å². The van der Waals surface area contributed by atoms with Crippen LogP contribution in [0.4, 0.5) is 0 Å². The average molecular weight is 306 g/mol. The predicted octanol–water partition coefficient (Wildman–Crippen LogP) is 3.88. The Kier molecular flexibility index (Phi) is 3.05. The molecule has 23 heavy (non-hydrogen) atoms. The van der Waals surface area contributed by atoms with E-state index in [1.807, 2.05) is 36.4 Å². The normalized spacial score (nSPS) is 11.0. The van der Waals surface area contributed by atoms with E-state index >= 15 is 0 Å². The predicted molar refractivity (Wildman–Crippen MR) is 88.1 cm³/mol. The van der Waals surface area contributed by atoms with Crippen molar-refractivity contribution in [3.8, 4) is 11.5 Å². The third-order valence-corrected chi connectivity index (χ3v) is 3.87. The highest BCUT2D eigenvalue weighted by molar-refractivity contribution is 6.05.